The van der Waals surface area contributed by atoms with E-state index in [2.05, 4.69) is 20.6 Å². The fourth-order valence-corrected chi connectivity index (χ4v) is 1.78. The summed E-state index contributed by atoms with van der Waals surface area (Å²) in [5, 5.41) is 6.37. The van der Waals surface area contributed by atoms with Crippen LogP contribution in [-0.2, 0) is 11.3 Å². The molecular formula is C14H15ClN4O. The lowest BCUT2D eigenvalue weighted by molar-refractivity contribution is -0.121. The Morgan fingerprint density at radius 1 is 1.15 bits per heavy atom. The third kappa shape index (κ3) is 4.51. The highest BCUT2D eigenvalue weighted by Gasteiger charge is 2.03. The summed E-state index contributed by atoms with van der Waals surface area (Å²) in [7, 11) is 0. The molecule has 0 radical (unpaired) electrons. The van der Waals surface area contributed by atoms with E-state index < -0.39 is 0 Å². The monoisotopic (exact) mass is 290 g/mol. The van der Waals surface area contributed by atoms with E-state index in [4.69, 9.17) is 11.6 Å². The summed E-state index contributed by atoms with van der Waals surface area (Å²) >= 11 is 5.95. The van der Waals surface area contributed by atoms with Crippen molar-refractivity contribution in [3.63, 3.8) is 0 Å². The Kier molecular flexibility index (Phi) is 5.32. The van der Waals surface area contributed by atoms with Crippen molar-refractivity contribution < 1.29 is 4.79 Å². The fraction of sp³-hybridized carbons (Fsp3) is 0.214. The lowest BCUT2D eigenvalue weighted by atomic mass is 10.3. The number of hydrogen-bond donors (Lipinski definition) is 2. The standard InChI is InChI=1S/C14H15ClN4O/c15-12-5-3-8-17-14(12)18-9-6-13(20)19-10-11-4-1-2-7-16-11/h1-5,7-8H,6,9-10H2,(H,17,18)(H,19,20). The molecule has 0 unspecified atom stereocenters. The number of hydrogen-bond acceptors (Lipinski definition) is 4. The van der Waals surface area contributed by atoms with Crippen molar-refractivity contribution in [2.45, 2.75) is 13.0 Å². The number of rotatable bonds is 6. The van der Waals surface area contributed by atoms with Crippen LogP contribution in [0.15, 0.2) is 42.7 Å². The number of anilines is 1. The summed E-state index contributed by atoms with van der Waals surface area (Å²) in [5.74, 6) is 0.543. The van der Waals surface area contributed by atoms with E-state index in [9.17, 15) is 4.79 Å². The van der Waals surface area contributed by atoms with Crippen LogP contribution < -0.4 is 10.6 Å². The summed E-state index contributed by atoms with van der Waals surface area (Å²) in [6.45, 7) is 0.912. The van der Waals surface area contributed by atoms with Crippen LogP contribution in [0.3, 0.4) is 0 Å². The first-order valence-electron chi connectivity index (χ1n) is 6.26. The van der Waals surface area contributed by atoms with Gasteiger partial charge in [-0.25, -0.2) is 4.98 Å². The molecule has 104 valence electrons. The molecule has 0 aliphatic heterocycles. The number of pyridine rings is 2. The largest absolute Gasteiger partial charge is 0.368 e. The van der Waals surface area contributed by atoms with Crippen LogP contribution in [0.4, 0.5) is 5.82 Å². The molecule has 0 bridgehead atoms. The van der Waals surface area contributed by atoms with Crippen LogP contribution in [-0.4, -0.2) is 22.4 Å². The summed E-state index contributed by atoms with van der Waals surface area (Å²) in [6.07, 6.45) is 3.70. The van der Waals surface area contributed by atoms with Gasteiger partial charge in [-0.1, -0.05) is 17.7 Å². The predicted molar refractivity (Wildman–Crippen MR) is 78.4 cm³/mol. The first-order valence-corrected chi connectivity index (χ1v) is 6.64. The molecule has 2 aromatic rings. The SMILES string of the molecule is O=C(CCNc1ncccc1Cl)NCc1ccccn1. The molecule has 0 aliphatic rings. The van der Waals surface area contributed by atoms with Crippen LogP contribution in [0, 0.1) is 0 Å². The number of amides is 1. The fourth-order valence-electron chi connectivity index (χ4n) is 1.59. The quantitative estimate of drug-likeness (QED) is 0.856. The minimum atomic E-state index is -0.0461. The summed E-state index contributed by atoms with van der Waals surface area (Å²) in [5.41, 5.74) is 0.835. The molecule has 0 aliphatic carbocycles. The van der Waals surface area contributed by atoms with Gasteiger partial charge in [0.1, 0.15) is 5.82 Å². The number of nitrogens with one attached hydrogen (secondary N) is 2. The van der Waals surface area contributed by atoms with Crippen molar-refractivity contribution in [2.24, 2.45) is 0 Å². The molecule has 0 saturated carbocycles. The normalized spacial score (nSPS) is 10.1. The van der Waals surface area contributed by atoms with Gasteiger partial charge in [-0.05, 0) is 24.3 Å². The molecule has 5 nitrogen and oxygen atoms in total. The van der Waals surface area contributed by atoms with Crippen molar-refractivity contribution in [3.05, 3.63) is 53.4 Å². The molecule has 2 rings (SSSR count). The Morgan fingerprint density at radius 3 is 2.75 bits per heavy atom. The van der Waals surface area contributed by atoms with Gasteiger partial charge >= 0.3 is 0 Å². The minimum Gasteiger partial charge on any atom is -0.368 e. The van der Waals surface area contributed by atoms with Gasteiger partial charge in [-0.3, -0.25) is 9.78 Å². The van der Waals surface area contributed by atoms with Crippen LogP contribution >= 0.6 is 11.6 Å². The number of halogens is 1. The van der Waals surface area contributed by atoms with E-state index in [1.807, 2.05) is 18.2 Å². The van der Waals surface area contributed by atoms with E-state index in [0.717, 1.165) is 5.69 Å². The van der Waals surface area contributed by atoms with E-state index in [1.54, 1.807) is 24.5 Å². The molecule has 6 heteroatoms. The van der Waals surface area contributed by atoms with Crippen LogP contribution in [0.25, 0.3) is 0 Å². The number of carbonyl (C=O) groups is 1. The Labute approximate surface area is 122 Å². The molecule has 20 heavy (non-hydrogen) atoms. The molecular weight excluding hydrogens is 276 g/mol. The van der Waals surface area contributed by atoms with Crippen LogP contribution in [0.2, 0.25) is 5.02 Å². The van der Waals surface area contributed by atoms with E-state index in [-0.39, 0.29) is 5.91 Å². The summed E-state index contributed by atoms with van der Waals surface area (Å²) in [6, 6.07) is 9.10. The lowest BCUT2D eigenvalue weighted by Gasteiger charge is -2.07. The van der Waals surface area contributed by atoms with E-state index in [0.29, 0.717) is 30.4 Å². The molecule has 0 fully saturated rings. The molecule has 1 amide bonds. The first kappa shape index (κ1) is 14.3. The van der Waals surface area contributed by atoms with Gasteiger partial charge in [0, 0.05) is 25.4 Å². The maximum Gasteiger partial charge on any atom is 0.222 e. The van der Waals surface area contributed by atoms with Crippen molar-refractivity contribution in [1.82, 2.24) is 15.3 Å². The topological polar surface area (TPSA) is 66.9 Å². The van der Waals surface area contributed by atoms with Crippen LogP contribution in [0.1, 0.15) is 12.1 Å². The summed E-state index contributed by atoms with van der Waals surface area (Å²) in [4.78, 5) is 19.9. The van der Waals surface area contributed by atoms with Gasteiger partial charge < -0.3 is 10.6 Å². The van der Waals surface area contributed by atoms with Crippen molar-refractivity contribution >= 4 is 23.3 Å². The van der Waals surface area contributed by atoms with Gasteiger partial charge in [0.15, 0.2) is 0 Å². The zero-order chi connectivity index (χ0) is 14.2. The second kappa shape index (κ2) is 7.45. The van der Waals surface area contributed by atoms with Gasteiger partial charge in [-0.2, -0.15) is 0 Å². The molecule has 2 heterocycles. The van der Waals surface area contributed by atoms with Gasteiger partial charge in [0.05, 0.1) is 17.3 Å². The third-order valence-electron chi connectivity index (χ3n) is 2.60. The molecule has 0 aromatic carbocycles. The predicted octanol–water partition coefficient (Wildman–Crippen LogP) is 2.25. The molecule has 2 aromatic heterocycles. The Morgan fingerprint density at radius 2 is 2.00 bits per heavy atom. The maximum atomic E-state index is 11.7. The molecule has 0 spiro atoms. The molecule has 0 saturated heterocycles. The van der Waals surface area contributed by atoms with E-state index >= 15 is 0 Å². The number of aromatic nitrogens is 2. The highest BCUT2D eigenvalue weighted by Crippen LogP contribution is 2.16. The lowest BCUT2D eigenvalue weighted by Crippen LogP contribution is -2.25. The number of nitrogens with zero attached hydrogens (tertiary/aromatic N) is 2. The zero-order valence-electron chi connectivity index (χ0n) is 10.8. The highest BCUT2D eigenvalue weighted by molar-refractivity contribution is 6.32. The number of carbonyl (C=O) groups excluding carboxylic acids is 1. The first-order chi connectivity index (χ1) is 9.75. The Bertz CT molecular complexity index is 562. The van der Waals surface area contributed by atoms with Crippen molar-refractivity contribution in [2.75, 3.05) is 11.9 Å². The minimum absolute atomic E-state index is 0.0461. The average Bonchev–Trinajstić information content (AvgIpc) is 2.48. The second-order valence-electron chi connectivity index (χ2n) is 4.11. The zero-order valence-corrected chi connectivity index (χ0v) is 11.6. The van der Waals surface area contributed by atoms with Crippen molar-refractivity contribution in [1.29, 1.82) is 0 Å². The highest BCUT2D eigenvalue weighted by atomic mass is 35.5. The van der Waals surface area contributed by atoms with Crippen LogP contribution in [0.5, 0.6) is 0 Å². The van der Waals surface area contributed by atoms with Gasteiger partial charge in [0.25, 0.3) is 0 Å². The average molecular weight is 291 g/mol. The molecule has 0 atom stereocenters. The maximum absolute atomic E-state index is 11.7. The third-order valence-corrected chi connectivity index (χ3v) is 2.90. The Hall–Kier alpha value is -2.14. The summed E-state index contributed by atoms with van der Waals surface area (Å²) < 4.78 is 0. The smallest absolute Gasteiger partial charge is 0.222 e. The second-order valence-corrected chi connectivity index (χ2v) is 4.52. The van der Waals surface area contributed by atoms with Gasteiger partial charge in [0.2, 0.25) is 5.91 Å². The van der Waals surface area contributed by atoms with Crippen molar-refractivity contribution in [3.8, 4) is 0 Å². The molecule has 2 N–H and O–H groups in total. The van der Waals surface area contributed by atoms with Gasteiger partial charge in [-0.15, -0.1) is 0 Å². The van der Waals surface area contributed by atoms with E-state index in [1.165, 1.54) is 0 Å². The Balaban J connectivity index is 1.69.